The molecule has 5 nitrogen and oxygen atoms in total. The van der Waals surface area contributed by atoms with E-state index in [1.165, 1.54) is 0 Å². The molecule has 2 atom stereocenters. The number of phenolic OH excluding ortho intramolecular Hbond substituents is 1. The molecule has 0 spiro atoms. The molecule has 0 bridgehead atoms. The molecule has 1 heterocycles. The maximum atomic E-state index is 13.6. The van der Waals surface area contributed by atoms with E-state index in [2.05, 4.69) is 6.92 Å². The number of hydrogen-bond donors (Lipinski definition) is 3. The van der Waals surface area contributed by atoms with Gasteiger partial charge in [-0.05, 0) is 52.8 Å². The van der Waals surface area contributed by atoms with Crippen molar-refractivity contribution in [3.05, 3.63) is 64.2 Å². The number of likely N-dealkylation sites (tertiary alicyclic amines) is 1. The highest BCUT2D eigenvalue weighted by atomic mass is 79.9. The lowest BCUT2D eigenvalue weighted by molar-refractivity contribution is 0.0963. The van der Waals surface area contributed by atoms with Gasteiger partial charge in [-0.3, -0.25) is 10.2 Å². The highest BCUT2D eigenvalue weighted by Gasteiger charge is 2.38. The largest absolute Gasteiger partial charge is 0.507 e. The normalized spacial score (nSPS) is 18.2. The number of Topliss-reactive ketones (excluding diaryl/α,β-unsaturated/α-hetero) is 1. The highest BCUT2D eigenvalue weighted by Crippen LogP contribution is 2.40. The van der Waals surface area contributed by atoms with Crippen LogP contribution in [0.4, 0.5) is 0 Å². The van der Waals surface area contributed by atoms with Crippen molar-refractivity contribution in [1.29, 1.82) is 5.41 Å². The fourth-order valence-corrected chi connectivity index (χ4v) is 5.39. The number of benzene rings is 2. The van der Waals surface area contributed by atoms with Gasteiger partial charge in [0.1, 0.15) is 11.6 Å². The molecule has 0 aromatic heterocycles. The van der Waals surface area contributed by atoms with Gasteiger partial charge in [0.05, 0.1) is 13.2 Å². The first-order valence-corrected chi connectivity index (χ1v) is 13.2. The minimum absolute atomic E-state index is 0. The minimum Gasteiger partial charge on any atom is -0.507 e. The zero-order valence-electron chi connectivity index (χ0n) is 23.5. The molecule has 1 aliphatic rings. The van der Waals surface area contributed by atoms with Crippen molar-refractivity contribution in [2.45, 2.75) is 85.2 Å². The Morgan fingerprint density at radius 1 is 1.03 bits per heavy atom. The quantitative estimate of drug-likeness (QED) is 0.303. The molecular weight excluding hydrogens is 528 g/mol. The van der Waals surface area contributed by atoms with Crippen molar-refractivity contribution in [2.24, 2.45) is 11.8 Å². The van der Waals surface area contributed by atoms with Crippen LogP contribution in [0.1, 0.15) is 93.9 Å². The van der Waals surface area contributed by atoms with Crippen LogP contribution in [-0.4, -0.2) is 39.8 Å². The molecular formula is C31H45BrN2O3. The van der Waals surface area contributed by atoms with E-state index in [4.69, 9.17) is 5.41 Å². The van der Waals surface area contributed by atoms with Crippen LogP contribution >= 0.6 is 17.0 Å². The van der Waals surface area contributed by atoms with E-state index >= 15 is 0 Å². The molecule has 0 amide bonds. The average molecular weight is 574 g/mol. The number of carbonyl (C=O) groups is 1. The van der Waals surface area contributed by atoms with Crippen LogP contribution in [0.3, 0.4) is 0 Å². The number of rotatable bonds is 8. The van der Waals surface area contributed by atoms with E-state index in [1.54, 1.807) is 0 Å². The molecule has 2 aromatic rings. The zero-order chi connectivity index (χ0) is 26.8. The molecule has 1 saturated heterocycles. The Kier molecular flexibility index (Phi) is 10.2. The number of hydrogen-bond acceptors (Lipinski definition) is 4. The third-order valence-corrected chi connectivity index (χ3v) is 7.49. The Morgan fingerprint density at radius 3 is 2.05 bits per heavy atom. The van der Waals surface area contributed by atoms with E-state index in [0.29, 0.717) is 30.3 Å². The summed E-state index contributed by atoms with van der Waals surface area (Å²) in [5.74, 6) is 1.09. The SMILES string of the molecule is Br.CCC[C@H]1CN(CC(=O)c2cc(C(C)(C)C)c(O)c(C(C)(C)C)c2)C(=N)[C@@H]1Cc1ccccc1CO. The molecule has 2 aromatic carbocycles. The number of nitrogens with one attached hydrogen (secondary N) is 1. The lowest BCUT2D eigenvalue weighted by Crippen LogP contribution is -2.33. The Labute approximate surface area is 233 Å². The first-order chi connectivity index (χ1) is 16.8. The van der Waals surface area contributed by atoms with Gasteiger partial charge in [0.15, 0.2) is 5.78 Å². The highest BCUT2D eigenvalue weighted by molar-refractivity contribution is 8.93. The van der Waals surface area contributed by atoms with Crippen LogP contribution in [0.25, 0.3) is 0 Å². The first-order valence-electron chi connectivity index (χ1n) is 13.2. The summed E-state index contributed by atoms with van der Waals surface area (Å²) in [7, 11) is 0. The lowest BCUT2D eigenvalue weighted by atomic mass is 9.78. The summed E-state index contributed by atoms with van der Waals surface area (Å²) in [5.41, 5.74) is 3.51. The van der Waals surface area contributed by atoms with E-state index in [0.717, 1.165) is 35.1 Å². The second-order valence-corrected chi connectivity index (χ2v) is 12.4. The van der Waals surface area contributed by atoms with Crippen molar-refractivity contribution >= 4 is 28.6 Å². The number of aromatic hydroxyl groups is 1. The van der Waals surface area contributed by atoms with Crippen LogP contribution in [0.15, 0.2) is 36.4 Å². The van der Waals surface area contributed by atoms with Crippen LogP contribution in [0, 0.1) is 17.2 Å². The molecule has 204 valence electrons. The predicted molar refractivity (Wildman–Crippen MR) is 157 cm³/mol. The molecule has 1 aliphatic heterocycles. The average Bonchev–Trinajstić information content (AvgIpc) is 3.07. The number of aliphatic hydroxyl groups is 1. The number of aliphatic hydroxyl groups excluding tert-OH is 1. The Morgan fingerprint density at radius 2 is 1.57 bits per heavy atom. The smallest absolute Gasteiger partial charge is 0.182 e. The predicted octanol–water partition coefficient (Wildman–Crippen LogP) is 6.81. The number of carbonyl (C=O) groups excluding carboxylic acids is 1. The third-order valence-electron chi connectivity index (χ3n) is 7.49. The summed E-state index contributed by atoms with van der Waals surface area (Å²) < 4.78 is 0. The third kappa shape index (κ3) is 7.02. The zero-order valence-corrected chi connectivity index (χ0v) is 25.2. The Hall–Kier alpha value is -2.18. The van der Waals surface area contributed by atoms with E-state index in [-0.39, 0.29) is 58.4 Å². The molecule has 37 heavy (non-hydrogen) atoms. The number of ketones is 1. The van der Waals surface area contributed by atoms with Crippen LogP contribution in [0.2, 0.25) is 0 Å². The van der Waals surface area contributed by atoms with Gasteiger partial charge in [-0.25, -0.2) is 0 Å². The molecule has 0 saturated carbocycles. The summed E-state index contributed by atoms with van der Waals surface area (Å²) >= 11 is 0. The van der Waals surface area contributed by atoms with E-state index in [1.807, 2.05) is 82.8 Å². The second-order valence-electron chi connectivity index (χ2n) is 12.4. The molecule has 0 radical (unpaired) electrons. The summed E-state index contributed by atoms with van der Waals surface area (Å²) in [4.78, 5) is 15.5. The lowest BCUT2D eigenvalue weighted by Gasteiger charge is -2.28. The second kappa shape index (κ2) is 12.1. The molecule has 3 rings (SSSR count). The van der Waals surface area contributed by atoms with Crippen LogP contribution in [0.5, 0.6) is 5.75 Å². The molecule has 3 N–H and O–H groups in total. The maximum Gasteiger partial charge on any atom is 0.182 e. The van der Waals surface area contributed by atoms with Crippen molar-refractivity contribution in [3.8, 4) is 5.75 Å². The van der Waals surface area contributed by atoms with E-state index in [9.17, 15) is 15.0 Å². The van der Waals surface area contributed by atoms with Crippen molar-refractivity contribution in [1.82, 2.24) is 4.90 Å². The van der Waals surface area contributed by atoms with Gasteiger partial charge in [0.25, 0.3) is 0 Å². The molecule has 0 aliphatic carbocycles. The summed E-state index contributed by atoms with van der Waals surface area (Å²) in [6.07, 6.45) is 2.73. The summed E-state index contributed by atoms with van der Waals surface area (Å²) in [6, 6.07) is 11.6. The standard InChI is InChI=1S/C31H44N2O3.BrH/c1-8-11-21-17-33(29(32)24(21)14-20-12-9-10-13-22(20)19-34)18-27(35)23-15-25(30(2,3)4)28(36)26(16-23)31(5,6)7;/h9-10,12-13,15-16,21,24,32,34,36H,8,11,14,17-19H2,1-7H3;1H/t21-,24+;/m0./s1. The van der Waals surface area contributed by atoms with Crippen molar-refractivity contribution in [2.75, 3.05) is 13.1 Å². The van der Waals surface area contributed by atoms with Gasteiger partial charge in [-0.2, -0.15) is 0 Å². The Bertz CT molecular complexity index is 1080. The van der Waals surface area contributed by atoms with Gasteiger partial charge in [0, 0.05) is 29.2 Å². The fraction of sp³-hybridized carbons (Fsp3) is 0.548. The molecule has 0 unspecified atom stereocenters. The first kappa shape index (κ1) is 31.0. The number of amidine groups is 1. The van der Waals surface area contributed by atoms with Gasteiger partial charge >= 0.3 is 0 Å². The van der Waals surface area contributed by atoms with Crippen LogP contribution < -0.4 is 0 Å². The fourth-order valence-electron chi connectivity index (χ4n) is 5.39. The van der Waals surface area contributed by atoms with Gasteiger partial charge in [-0.1, -0.05) is 79.2 Å². The van der Waals surface area contributed by atoms with Crippen LogP contribution in [-0.2, 0) is 23.9 Å². The minimum atomic E-state index is -0.307. The topological polar surface area (TPSA) is 84.6 Å². The van der Waals surface area contributed by atoms with Crippen molar-refractivity contribution < 1.29 is 15.0 Å². The van der Waals surface area contributed by atoms with Gasteiger partial charge in [0.2, 0.25) is 0 Å². The number of phenols is 1. The number of nitrogens with zero attached hydrogens (tertiary/aromatic N) is 1. The van der Waals surface area contributed by atoms with Gasteiger partial charge in [-0.15, -0.1) is 17.0 Å². The summed E-state index contributed by atoms with van der Waals surface area (Å²) in [6.45, 7) is 15.3. The Balaban J connectivity index is 0.00000481. The molecule has 6 heteroatoms. The van der Waals surface area contributed by atoms with Gasteiger partial charge < -0.3 is 15.1 Å². The monoisotopic (exact) mass is 572 g/mol. The van der Waals surface area contributed by atoms with Crippen molar-refractivity contribution in [3.63, 3.8) is 0 Å². The molecule has 1 fully saturated rings. The van der Waals surface area contributed by atoms with E-state index < -0.39 is 0 Å². The maximum absolute atomic E-state index is 13.6. The number of halogens is 1. The summed E-state index contributed by atoms with van der Waals surface area (Å²) in [5, 5.41) is 29.8.